The highest BCUT2D eigenvalue weighted by Crippen LogP contribution is 2.51. The van der Waals surface area contributed by atoms with Crippen molar-refractivity contribution in [2.75, 3.05) is 20.2 Å². The van der Waals surface area contributed by atoms with Gasteiger partial charge in [0.2, 0.25) is 11.8 Å². The van der Waals surface area contributed by atoms with Gasteiger partial charge in [-0.25, -0.2) is 0 Å². The van der Waals surface area contributed by atoms with Gasteiger partial charge in [0.15, 0.2) is 0 Å². The van der Waals surface area contributed by atoms with E-state index in [1.54, 1.807) is 35.9 Å². The minimum atomic E-state index is -1.07. The maximum Gasteiger partial charge on any atom is 0.311 e. The first-order chi connectivity index (χ1) is 15.0. The van der Waals surface area contributed by atoms with Crippen LogP contribution in [0.2, 0.25) is 0 Å². The van der Waals surface area contributed by atoms with Gasteiger partial charge in [-0.2, -0.15) is 0 Å². The van der Waals surface area contributed by atoms with Crippen LogP contribution in [-0.4, -0.2) is 53.3 Å². The highest BCUT2D eigenvalue weighted by atomic mass is 32.1. The molecule has 7 nitrogen and oxygen atoms in total. The lowest BCUT2D eigenvalue weighted by Crippen LogP contribution is -2.57. The molecule has 2 amide bonds. The zero-order valence-corrected chi connectivity index (χ0v) is 18.7. The van der Waals surface area contributed by atoms with Gasteiger partial charge in [-0.1, -0.05) is 6.07 Å². The Morgan fingerprint density at radius 2 is 2.13 bits per heavy atom. The standard InChI is InChI=1S/C23H28N2O5S/c1-3-29-21(27)17-15-23(10-4-5-11-24(2)22(23)28)25(20(17)18-9-6-12-30-18)19(26)14-16-8-7-13-31-16/h6-9,12-13,17,20H,3-5,10-11,14-15H2,1-2H3/t17-,20+,23-/m0/s1. The zero-order chi connectivity index (χ0) is 22.0. The van der Waals surface area contributed by atoms with Crippen molar-refractivity contribution >= 4 is 29.1 Å². The lowest BCUT2D eigenvalue weighted by atomic mass is 9.85. The molecule has 2 aromatic rings. The molecule has 1 spiro atoms. The van der Waals surface area contributed by atoms with Crippen LogP contribution in [0.4, 0.5) is 0 Å². The molecular weight excluding hydrogens is 416 g/mol. The second-order valence-corrected chi connectivity index (χ2v) is 9.29. The van der Waals surface area contributed by atoms with Crippen molar-refractivity contribution in [3.05, 3.63) is 46.5 Å². The Morgan fingerprint density at radius 1 is 1.29 bits per heavy atom. The summed E-state index contributed by atoms with van der Waals surface area (Å²) in [5, 5.41) is 1.93. The van der Waals surface area contributed by atoms with Gasteiger partial charge in [-0.3, -0.25) is 14.4 Å². The van der Waals surface area contributed by atoms with Crippen LogP contribution >= 0.6 is 11.3 Å². The molecule has 2 saturated heterocycles. The molecule has 0 aliphatic carbocycles. The van der Waals surface area contributed by atoms with Gasteiger partial charge in [0.05, 0.1) is 25.2 Å². The topological polar surface area (TPSA) is 80.1 Å². The van der Waals surface area contributed by atoms with Gasteiger partial charge in [0.1, 0.15) is 17.3 Å². The van der Waals surface area contributed by atoms with E-state index in [4.69, 9.17) is 9.15 Å². The Kier molecular flexibility index (Phi) is 6.18. The molecule has 2 aromatic heterocycles. The van der Waals surface area contributed by atoms with Gasteiger partial charge in [-0.05, 0) is 56.2 Å². The van der Waals surface area contributed by atoms with E-state index in [2.05, 4.69) is 0 Å². The van der Waals surface area contributed by atoms with Crippen molar-refractivity contribution in [2.24, 2.45) is 5.92 Å². The quantitative estimate of drug-likeness (QED) is 0.660. The van der Waals surface area contributed by atoms with Gasteiger partial charge in [-0.15, -0.1) is 11.3 Å². The Hall–Kier alpha value is -2.61. The smallest absolute Gasteiger partial charge is 0.311 e. The summed E-state index contributed by atoms with van der Waals surface area (Å²) < 4.78 is 11.1. The van der Waals surface area contributed by atoms with E-state index in [1.807, 2.05) is 17.5 Å². The molecule has 4 rings (SSSR count). The largest absolute Gasteiger partial charge is 0.467 e. The number of rotatable bonds is 5. The van der Waals surface area contributed by atoms with Crippen LogP contribution in [0.5, 0.6) is 0 Å². The maximum absolute atomic E-state index is 13.8. The lowest BCUT2D eigenvalue weighted by Gasteiger charge is -2.40. The predicted octanol–water partition coefficient (Wildman–Crippen LogP) is 3.42. The van der Waals surface area contributed by atoms with Crippen LogP contribution in [0.25, 0.3) is 0 Å². The number of hydrogen-bond donors (Lipinski definition) is 0. The molecule has 2 fully saturated rings. The monoisotopic (exact) mass is 444 g/mol. The third-order valence-electron chi connectivity index (χ3n) is 6.35. The number of furan rings is 1. The lowest BCUT2D eigenvalue weighted by molar-refractivity contribution is -0.153. The van der Waals surface area contributed by atoms with E-state index in [9.17, 15) is 14.4 Å². The molecule has 0 aromatic carbocycles. The molecule has 2 aliphatic heterocycles. The molecule has 4 heterocycles. The number of carbonyl (C=O) groups excluding carboxylic acids is 3. The van der Waals surface area contributed by atoms with Crippen molar-refractivity contribution in [1.29, 1.82) is 0 Å². The Balaban J connectivity index is 1.82. The molecule has 0 radical (unpaired) electrons. The van der Waals surface area contributed by atoms with Crippen molar-refractivity contribution in [2.45, 2.75) is 50.6 Å². The Bertz CT molecular complexity index is 926. The maximum atomic E-state index is 13.8. The van der Waals surface area contributed by atoms with Gasteiger partial charge in [0.25, 0.3) is 0 Å². The van der Waals surface area contributed by atoms with E-state index < -0.39 is 23.5 Å². The van der Waals surface area contributed by atoms with E-state index >= 15 is 0 Å². The van der Waals surface area contributed by atoms with Crippen LogP contribution < -0.4 is 0 Å². The van der Waals surface area contributed by atoms with Crippen LogP contribution in [-0.2, 0) is 25.5 Å². The second-order valence-electron chi connectivity index (χ2n) is 8.26. The fourth-order valence-corrected chi connectivity index (χ4v) is 5.75. The van der Waals surface area contributed by atoms with Gasteiger partial charge < -0.3 is 19.0 Å². The molecule has 0 N–H and O–H groups in total. The summed E-state index contributed by atoms with van der Waals surface area (Å²) >= 11 is 1.51. The summed E-state index contributed by atoms with van der Waals surface area (Å²) in [4.78, 5) is 44.7. The SMILES string of the molecule is CCOC(=O)[C@H]1C[C@]2(CCCCN(C)C2=O)N(C(=O)Cc2cccs2)[C@H]1c1ccco1. The predicted molar refractivity (Wildman–Crippen MR) is 115 cm³/mol. The number of carbonyl (C=O) groups is 3. The number of ether oxygens (including phenoxy) is 1. The van der Waals surface area contributed by atoms with Gasteiger partial charge >= 0.3 is 5.97 Å². The highest BCUT2D eigenvalue weighted by Gasteiger charge is 2.62. The van der Waals surface area contributed by atoms with Crippen LogP contribution in [0.1, 0.15) is 49.3 Å². The Labute approximate surface area is 186 Å². The van der Waals surface area contributed by atoms with Crippen LogP contribution in [0, 0.1) is 5.92 Å². The minimum absolute atomic E-state index is 0.104. The molecule has 0 bridgehead atoms. The van der Waals surface area contributed by atoms with E-state index in [1.165, 1.54) is 17.6 Å². The van der Waals surface area contributed by atoms with Crippen molar-refractivity contribution in [3.63, 3.8) is 0 Å². The number of likely N-dealkylation sites (tertiary alicyclic amines) is 2. The summed E-state index contributed by atoms with van der Waals surface area (Å²) in [6.07, 6.45) is 4.16. The molecule has 8 heteroatoms. The van der Waals surface area contributed by atoms with E-state index in [0.29, 0.717) is 18.7 Å². The number of esters is 1. The normalized spacial score (nSPS) is 26.3. The molecule has 0 unspecified atom stereocenters. The number of amides is 2. The highest BCUT2D eigenvalue weighted by molar-refractivity contribution is 7.10. The summed E-state index contributed by atoms with van der Waals surface area (Å²) in [6.45, 7) is 2.64. The second kappa shape index (κ2) is 8.86. The number of nitrogens with zero attached hydrogens (tertiary/aromatic N) is 2. The third kappa shape index (κ3) is 3.89. The first-order valence-electron chi connectivity index (χ1n) is 10.8. The van der Waals surface area contributed by atoms with Crippen molar-refractivity contribution in [1.82, 2.24) is 9.80 Å². The first-order valence-corrected chi connectivity index (χ1v) is 11.7. The fraction of sp³-hybridized carbons (Fsp3) is 0.522. The van der Waals surface area contributed by atoms with E-state index in [-0.39, 0.29) is 31.3 Å². The minimum Gasteiger partial charge on any atom is -0.467 e. The number of likely N-dealkylation sites (N-methyl/N-ethyl adjacent to an activating group) is 1. The van der Waals surface area contributed by atoms with Crippen LogP contribution in [0.3, 0.4) is 0 Å². The van der Waals surface area contributed by atoms with E-state index in [0.717, 1.165) is 17.7 Å². The number of hydrogen-bond acceptors (Lipinski definition) is 6. The Morgan fingerprint density at radius 3 is 2.81 bits per heavy atom. The summed E-state index contributed by atoms with van der Waals surface area (Å²) in [5.41, 5.74) is -1.07. The average Bonchev–Trinajstić information content (AvgIpc) is 3.48. The molecule has 2 aliphatic rings. The summed E-state index contributed by atoms with van der Waals surface area (Å²) in [7, 11) is 1.77. The van der Waals surface area contributed by atoms with Crippen molar-refractivity contribution in [3.8, 4) is 0 Å². The summed E-state index contributed by atoms with van der Waals surface area (Å²) in [5.74, 6) is -0.815. The van der Waals surface area contributed by atoms with Gasteiger partial charge in [0, 0.05) is 18.5 Å². The molecule has 31 heavy (non-hydrogen) atoms. The average molecular weight is 445 g/mol. The fourth-order valence-electron chi connectivity index (χ4n) is 5.05. The molecular formula is C23H28N2O5S. The first kappa shape index (κ1) is 21.6. The molecule has 166 valence electrons. The number of thiophene rings is 1. The zero-order valence-electron chi connectivity index (χ0n) is 17.9. The summed E-state index contributed by atoms with van der Waals surface area (Å²) in [6, 6.07) is 6.66. The van der Waals surface area contributed by atoms with Crippen LogP contribution in [0.15, 0.2) is 40.3 Å². The molecule has 3 atom stereocenters. The molecule has 0 saturated carbocycles. The third-order valence-corrected chi connectivity index (χ3v) is 7.23. The van der Waals surface area contributed by atoms with Crippen molar-refractivity contribution < 1.29 is 23.5 Å².